The van der Waals surface area contributed by atoms with Crippen molar-refractivity contribution in [2.24, 2.45) is 51.2 Å². The topological polar surface area (TPSA) is 58.6 Å². The van der Waals surface area contributed by atoms with Gasteiger partial charge in [0.2, 0.25) is 5.91 Å². The van der Waals surface area contributed by atoms with Gasteiger partial charge in [-0.2, -0.15) is 0 Å². The summed E-state index contributed by atoms with van der Waals surface area (Å²) in [5.74, 6) is 4.50. The second-order valence-corrected chi connectivity index (χ2v) is 15.8. The third-order valence-electron chi connectivity index (χ3n) is 13.9. The van der Waals surface area contributed by atoms with E-state index in [2.05, 4.69) is 39.1 Å². The molecule has 1 amide bonds. The molecule has 5 aliphatic carbocycles. The highest BCUT2D eigenvalue weighted by molar-refractivity contribution is 5.83. The molecule has 9 unspecified atom stereocenters. The molecule has 4 heteroatoms. The Hall–Kier alpha value is -1.81. The number of allylic oxidation sites excluding steroid dienone is 2. The van der Waals surface area contributed by atoms with E-state index < -0.39 is 0 Å². The third kappa shape index (κ3) is 5.06. The van der Waals surface area contributed by atoms with Gasteiger partial charge in [-0.1, -0.05) is 58.4 Å². The zero-order valence-corrected chi connectivity index (χ0v) is 27.7. The average molecular weight is 578 g/mol. The predicted molar refractivity (Wildman–Crippen MR) is 172 cm³/mol. The normalized spacial score (nSPS) is 41.8. The molecule has 0 aromatic heterocycles. The quantitative estimate of drug-likeness (QED) is 0.352. The number of carbonyl (C=O) groups is 1. The molecule has 5 aliphatic rings. The number of ether oxygens (including phenoxy) is 1. The van der Waals surface area contributed by atoms with E-state index in [1.54, 1.807) is 7.11 Å². The van der Waals surface area contributed by atoms with Gasteiger partial charge >= 0.3 is 0 Å². The molecule has 9 atom stereocenters. The number of methoxy groups -OCH3 is 1. The van der Waals surface area contributed by atoms with Crippen molar-refractivity contribution in [2.45, 2.75) is 125 Å². The zero-order chi connectivity index (χ0) is 30.3. The monoisotopic (exact) mass is 577 g/mol. The van der Waals surface area contributed by atoms with Crippen LogP contribution in [-0.4, -0.2) is 24.2 Å². The van der Waals surface area contributed by atoms with Crippen LogP contribution in [0.25, 0.3) is 0 Å². The van der Waals surface area contributed by atoms with Gasteiger partial charge in [-0.25, -0.2) is 0 Å². The van der Waals surface area contributed by atoms with Crippen LogP contribution >= 0.6 is 0 Å². The first-order valence-electron chi connectivity index (χ1n) is 17.1. The minimum absolute atomic E-state index is 0.0131. The van der Waals surface area contributed by atoms with Crippen molar-refractivity contribution in [3.05, 3.63) is 42.0 Å². The van der Waals surface area contributed by atoms with Gasteiger partial charge in [-0.3, -0.25) is 4.79 Å². The largest absolute Gasteiger partial charge is 0.497 e. The van der Waals surface area contributed by atoms with E-state index >= 15 is 0 Å². The van der Waals surface area contributed by atoms with Gasteiger partial charge in [0.15, 0.2) is 0 Å². The van der Waals surface area contributed by atoms with Gasteiger partial charge in [0.05, 0.1) is 18.6 Å². The van der Waals surface area contributed by atoms with Crippen LogP contribution in [0.15, 0.2) is 36.4 Å². The summed E-state index contributed by atoms with van der Waals surface area (Å²) in [6.07, 6.45) is 16.9. The standard InChI is InChI=1S/C34H51NO3.C4H8/c1-31(2)27-14-17-32(3)25-13-19-34(30(37)35-21-22-8-6-9-23(20-22)38-5)16-7-10-26(34)24(25)11-12-28(32)33(27,4)18-15-29(31)36;1-3-4-2/h6,8-9,20,24-29,36H,7,10-19,21H2,1-5H3,(H,35,37);3-4H,1-2H3/b;4-3+. The highest BCUT2D eigenvalue weighted by Gasteiger charge is 2.67. The van der Waals surface area contributed by atoms with E-state index in [0.29, 0.717) is 41.0 Å². The first-order valence-corrected chi connectivity index (χ1v) is 17.1. The van der Waals surface area contributed by atoms with Gasteiger partial charge < -0.3 is 15.2 Å². The summed E-state index contributed by atoms with van der Waals surface area (Å²) in [4.78, 5) is 13.9. The molecular weight excluding hydrogens is 518 g/mol. The molecule has 0 bridgehead atoms. The molecule has 0 radical (unpaired) electrons. The number of carbonyl (C=O) groups excluding carboxylic acids is 1. The molecule has 2 N–H and O–H groups in total. The van der Waals surface area contributed by atoms with Crippen LogP contribution in [0.2, 0.25) is 0 Å². The number of amides is 1. The Bertz CT molecular complexity index is 1140. The maximum absolute atomic E-state index is 13.9. The van der Waals surface area contributed by atoms with Crippen molar-refractivity contribution in [1.29, 1.82) is 0 Å². The molecule has 0 heterocycles. The molecule has 4 nitrogen and oxygen atoms in total. The average Bonchev–Trinajstić information content (AvgIpc) is 3.44. The highest BCUT2D eigenvalue weighted by Crippen LogP contribution is 2.73. The number of rotatable bonds is 4. The molecule has 1 aromatic carbocycles. The predicted octanol–water partition coefficient (Wildman–Crippen LogP) is 8.72. The van der Waals surface area contributed by atoms with Gasteiger partial charge in [0, 0.05) is 6.54 Å². The summed E-state index contributed by atoms with van der Waals surface area (Å²) in [6, 6.07) is 8.07. The molecule has 42 heavy (non-hydrogen) atoms. The Balaban J connectivity index is 0.000000830. The lowest BCUT2D eigenvalue weighted by Gasteiger charge is -2.69. The van der Waals surface area contributed by atoms with E-state index in [-0.39, 0.29) is 16.9 Å². The number of hydrogen-bond donors (Lipinski definition) is 2. The summed E-state index contributed by atoms with van der Waals surface area (Å²) >= 11 is 0. The Kier molecular flexibility index (Phi) is 8.99. The van der Waals surface area contributed by atoms with Crippen LogP contribution in [0.5, 0.6) is 5.75 Å². The van der Waals surface area contributed by atoms with Crippen molar-refractivity contribution in [2.75, 3.05) is 7.11 Å². The maximum Gasteiger partial charge on any atom is 0.226 e. The van der Waals surface area contributed by atoms with E-state index in [9.17, 15) is 9.90 Å². The molecule has 0 aliphatic heterocycles. The fourth-order valence-electron chi connectivity index (χ4n) is 11.7. The highest BCUT2D eigenvalue weighted by atomic mass is 16.5. The minimum Gasteiger partial charge on any atom is -0.497 e. The van der Waals surface area contributed by atoms with Crippen LogP contribution in [0.4, 0.5) is 0 Å². The number of nitrogens with one attached hydrogen (secondary N) is 1. The number of aliphatic hydroxyl groups excluding tert-OH is 1. The van der Waals surface area contributed by atoms with E-state index in [1.807, 2.05) is 44.2 Å². The van der Waals surface area contributed by atoms with Crippen molar-refractivity contribution < 1.29 is 14.6 Å². The van der Waals surface area contributed by atoms with Gasteiger partial charge in [0.1, 0.15) is 5.75 Å². The smallest absolute Gasteiger partial charge is 0.226 e. The third-order valence-corrected chi connectivity index (χ3v) is 13.9. The summed E-state index contributed by atoms with van der Waals surface area (Å²) in [5.41, 5.74) is 1.66. The van der Waals surface area contributed by atoms with Crippen LogP contribution < -0.4 is 10.1 Å². The maximum atomic E-state index is 13.9. The molecular formula is C38H59NO3. The molecule has 6 rings (SSSR count). The first kappa shape index (κ1) is 31.6. The molecule has 1 aromatic rings. The van der Waals surface area contributed by atoms with Gasteiger partial charge in [-0.15, -0.1) is 0 Å². The molecule has 5 saturated carbocycles. The minimum atomic E-state index is -0.165. The van der Waals surface area contributed by atoms with E-state index in [4.69, 9.17) is 4.74 Å². The van der Waals surface area contributed by atoms with Crippen LogP contribution in [0.3, 0.4) is 0 Å². The second-order valence-electron chi connectivity index (χ2n) is 15.8. The van der Waals surface area contributed by atoms with E-state index in [0.717, 1.165) is 42.4 Å². The van der Waals surface area contributed by atoms with Crippen LogP contribution in [-0.2, 0) is 11.3 Å². The summed E-state index contributed by atoms with van der Waals surface area (Å²) in [7, 11) is 1.69. The van der Waals surface area contributed by atoms with Crippen LogP contribution in [0, 0.1) is 51.2 Å². The second kappa shape index (κ2) is 11.9. The van der Waals surface area contributed by atoms with Crippen molar-refractivity contribution in [3.8, 4) is 5.75 Å². The Labute approximate surface area is 256 Å². The van der Waals surface area contributed by atoms with Gasteiger partial charge in [0.25, 0.3) is 0 Å². The molecule has 5 fully saturated rings. The number of aliphatic hydroxyl groups is 1. The van der Waals surface area contributed by atoms with Crippen molar-refractivity contribution in [1.82, 2.24) is 5.32 Å². The summed E-state index contributed by atoms with van der Waals surface area (Å²) in [5, 5.41) is 14.3. The lowest BCUT2D eigenvalue weighted by atomic mass is 9.36. The van der Waals surface area contributed by atoms with Crippen molar-refractivity contribution in [3.63, 3.8) is 0 Å². The fourth-order valence-corrected chi connectivity index (χ4v) is 11.7. The Morgan fingerprint density at radius 1 is 0.905 bits per heavy atom. The van der Waals surface area contributed by atoms with Crippen molar-refractivity contribution >= 4 is 5.91 Å². The lowest BCUT2D eigenvalue weighted by Crippen LogP contribution is -2.63. The molecule has 0 saturated heterocycles. The fraction of sp³-hybridized carbons (Fsp3) is 0.763. The van der Waals surface area contributed by atoms with Crippen LogP contribution in [0.1, 0.15) is 118 Å². The van der Waals surface area contributed by atoms with E-state index in [1.165, 1.54) is 51.4 Å². The lowest BCUT2D eigenvalue weighted by molar-refractivity contribution is -0.214. The number of fused-ring (bicyclic) bond motifs is 7. The summed E-state index contributed by atoms with van der Waals surface area (Å²) in [6.45, 7) is 14.5. The number of benzene rings is 1. The van der Waals surface area contributed by atoms with Gasteiger partial charge in [-0.05, 0) is 142 Å². The molecule has 234 valence electrons. The number of hydrogen-bond acceptors (Lipinski definition) is 3. The first-order chi connectivity index (χ1) is 20.0. The Morgan fingerprint density at radius 3 is 2.36 bits per heavy atom. The zero-order valence-electron chi connectivity index (χ0n) is 27.7. The summed E-state index contributed by atoms with van der Waals surface area (Å²) < 4.78 is 5.39. The Morgan fingerprint density at radius 2 is 1.64 bits per heavy atom. The SMILES string of the molecule is C/C=C/C.COc1cccc(CNC(=O)C23CCCC2C2CCC4C(C)(CCC5C(C)(C)C(O)CCC54C)C2CC3)c1. The molecule has 0 spiro atoms.